The monoisotopic (exact) mass is 233 g/mol. The number of methoxy groups -OCH3 is 1. The summed E-state index contributed by atoms with van der Waals surface area (Å²) in [4.78, 5) is 4.30. The van der Waals surface area contributed by atoms with E-state index in [1.165, 1.54) is 0 Å². The maximum Gasteiger partial charge on any atom is 0.257 e. The smallest absolute Gasteiger partial charge is 0.257 e. The summed E-state index contributed by atoms with van der Waals surface area (Å²) in [5.74, 6) is 1.12. The first-order valence-electron chi connectivity index (χ1n) is 5.40. The van der Waals surface area contributed by atoms with Crippen molar-refractivity contribution in [2.24, 2.45) is 0 Å². The molecule has 5 heteroatoms. The molecule has 2 N–H and O–H groups in total. The van der Waals surface area contributed by atoms with Crippen LogP contribution in [0.15, 0.2) is 28.8 Å². The predicted molar refractivity (Wildman–Crippen MR) is 64.3 cm³/mol. The van der Waals surface area contributed by atoms with Crippen LogP contribution >= 0.6 is 0 Å². The highest BCUT2D eigenvalue weighted by Crippen LogP contribution is 2.19. The van der Waals surface area contributed by atoms with Crippen LogP contribution in [0, 0.1) is 0 Å². The van der Waals surface area contributed by atoms with Crippen LogP contribution < -0.4 is 5.73 Å². The van der Waals surface area contributed by atoms with Crippen molar-refractivity contribution in [3.63, 3.8) is 0 Å². The highest BCUT2D eigenvalue weighted by Gasteiger charge is 2.11. The number of nitrogen functional groups attached to an aromatic ring is 1. The summed E-state index contributed by atoms with van der Waals surface area (Å²) in [6, 6.07) is 7.35. The van der Waals surface area contributed by atoms with Crippen LogP contribution in [0.5, 0.6) is 0 Å². The molecule has 0 saturated heterocycles. The molecule has 0 spiro atoms. The summed E-state index contributed by atoms with van der Waals surface area (Å²) >= 11 is 0. The zero-order valence-electron chi connectivity index (χ0n) is 9.88. The van der Waals surface area contributed by atoms with E-state index in [0.717, 1.165) is 5.56 Å². The summed E-state index contributed by atoms with van der Waals surface area (Å²) in [6.07, 6.45) is 0.698. The summed E-state index contributed by atoms with van der Waals surface area (Å²) < 4.78 is 10.3. The standard InChI is InChI=1S/C12H15N3O2/c1-8(16-2)6-11-14-12(17-15-11)9-4-3-5-10(13)7-9/h3-5,7-8H,6,13H2,1-2H3. The van der Waals surface area contributed by atoms with Gasteiger partial charge in [0, 0.05) is 24.8 Å². The van der Waals surface area contributed by atoms with Crippen molar-refractivity contribution in [3.8, 4) is 11.5 Å². The molecule has 0 fully saturated rings. The molecule has 0 bridgehead atoms. The number of aromatic nitrogens is 2. The Morgan fingerprint density at radius 3 is 3.00 bits per heavy atom. The Labute approximate surface area is 99.6 Å². The van der Waals surface area contributed by atoms with Crippen LogP contribution in [-0.2, 0) is 11.2 Å². The zero-order valence-corrected chi connectivity index (χ0v) is 9.88. The molecule has 0 amide bonds. The Bertz CT molecular complexity index is 496. The Hall–Kier alpha value is -1.88. The lowest BCUT2D eigenvalue weighted by Crippen LogP contribution is -2.09. The van der Waals surface area contributed by atoms with Crippen molar-refractivity contribution in [1.82, 2.24) is 10.1 Å². The second kappa shape index (κ2) is 4.97. The van der Waals surface area contributed by atoms with Crippen LogP contribution in [0.3, 0.4) is 0 Å². The van der Waals surface area contributed by atoms with Crippen LogP contribution in [0.2, 0.25) is 0 Å². The Morgan fingerprint density at radius 1 is 1.47 bits per heavy atom. The summed E-state index contributed by atoms with van der Waals surface area (Å²) in [5.41, 5.74) is 7.20. The average Bonchev–Trinajstić information content (AvgIpc) is 2.77. The molecule has 1 atom stereocenters. The van der Waals surface area contributed by atoms with Gasteiger partial charge in [-0.3, -0.25) is 0 Å². The van der Waals surface area contributed by atoms with Crippen molar-refractivity contribution in [1.29, 1.82) is 0 Å². The highest BCUT2D eigenvalue weighted by atomic mass is 16.5. The van der Waals surface area contributed by atoms with E-state index in [9.17, 15) is 0 Å². The summed E-state index contributed by atoms with van der Waals surface area (Å²) in [6.45, 7) is 1.95. The van der Waals surface area contributed by atoms with Gasteiger partial charge in [0.1, 0.15) is 0 Å². The maximum atomic E-state index is 5.70. The van der Waals surface area contributed by atoms with Gasteiger partial charge in [-0.1, -0.05) is 11.2 Å². The van der Waals surface area contributed by atoms with Crippen LogP contribution in [-0.4, -0.2) is 23.4 Å². The number of hydrogen-bond donors (Lipinski definition) is 1. The molecular formula is C12H15N3O2. The fourth-order valence-corrected chi connectivity index (χ4v) is 1.47. The third-order valence-electron chi connectivity index (χ3n) is 2.47. The predicted octanol–water partition coefficient (Wildman–Crippen LogP) is 1.90. The summed E-state index contributed by atoms with van der Waals surface area (Å²) in [7, 11) is 1.66. The van der Waals surface area contributed by atoms with E-state index in [4.69, 9.17) is 15.0 Å². The Balaban J connectivity index is 2.18. The molecular weight excluding hydrogens is 218 g/mol. The van der Waals surface area contributed by atoms with E-state index in [1.807, 2.05) is 25.1 Å². The van der Waals surface area contributed by atoms with E-state index in [2.05, 4.69) is 10.1 Å². The molecule has 0 aliphatic carbocycles. The van der Waals surface area contributed by atoms with Crippen molar-refractivity contribution in [2.75, 3.05) is 12.8 Å². The van der Waals surface area contributed by atoms with E-state index in [1.54, 1.807) is 13.2 Å². The number of ether oxygens (including phenoxy) is 1. The number of hydrogen-bond acceptors (Lipinski definition) is 5. The lowest BCUT2D eigenvalue weighted by atomic mass is 10.2. The normalized spacial score (nSPS) is 12.6. The lowest BCUT2D eigenvalue weighted by molar-refractivity contribution is 0.116. The van der Waals surface area contributed by atoms with Crippen LogP contribution in [0.25, 0.3) is 11.5 Å². The summed E-state index contributed by atoms with van der Waals surface area (Å²) in [5, 5.41) is 3.90. The quantitative estimate of drug-likeness (QED) is 0.816. The molecule has 2 aromatic rings. The third-order valence-corrected chi connectivity index (χ3v) is 2.47. The van der Waals surface area contributed by atoms with Crippen LogP contribution in [0.4, 0.5) is 5.69 Å². The van der Waals surface area contributed by atoms with Gasteiger partial charge in [0.25, 0.3) is 5.89 Å². The van der Waals surface area contributed by atoms with Crippen molar-refractivity contribution < 1.29 is 9.26 Å². The lowest BCUT2D eigenvalue weighted by Gasteiger charge is -2.03. The number of nitrogens with two attached hydrogens (primary N) is 1. The SMILES string of the molecule is COC(C)Cc1noc(-c2cccc(N)c2)n1. The number of rotatable bonds is 4. The second-order valence-electron chi connectivity index (χ2n) is 3.89. The van der Waals surface area contributed by atoms with Gasteiger partial charge in [-0.25, -0.2) is 0 Å². The first-order valence-corrected chi connectivity index (χ1v) is 5.40. The Morgan fingerprint density at radius 2 is 2.29 bits per heavy atom. The minimum Gasteiger partial charge on any atom is -0.399 e. The van der Waals surface area contributed by atoms with Gasteiger partial charge in [0.05, 0.1) is 6.10 Å². The fraction of sp³-hybridized carbons (Fsp3) is 0.333. The van der Waals surface area contributed by atoms with Gasteiger partial charge in [-0.2, -0.15) is 4.98 Å². The van der Waals surface area contributed by atoms with E-state index >= 15 is 0 Å². The zero-order chi connectivity index (χ0) is 12.3. The van der Waals surface area contributed by atoms with Gasteiger partial charge in [-0.05, 0) is 25.1 Å². The van der Waals surface area contributed by atoms with Gasteiger partial charge in [-0.15, -0.1) is 0 Å². The molecule has 0 aliphatic heterocycles. The molecule has 0 saturated carbocycles. The minimum absolute atomic E-state index is 0.0706. The molecule has 90 valence electrons. The Kier molecular flexibility index (Phi) is 3.39. The maximum absolute atomic E-state index is 5.70. The first kappa shape index (κ1) is 11.6. The van der Waals surface area contributed by atoms with Gasteiger partial charge in [0.2, 0.25) is 0 Å². The van der Waals surface area contributed by atoms with Crippen molar-refractivity contribution >= 4 is 5.69 Å². The fourth-order valence-electron chi connectivity index (χ4n) is 1.47. The van der Waals surface area contributed by atoms with Crippen LogP contribution in [0.1, 0.15) is 12.7 Å². The molecule has 1 aromatic carbocycles. The third kappa shape index (κ3) is 2.82. The van der Waals surface area contributed by atoms with Crippen molar-refractivity contribution in [3.05, 3.63) is 30.1 Å². The molecule has 0 radical (unpaired) electrons. The van der Waals surface area contributed by atoms with Gasteiger partial charge in [0.15, 0.2) is 5.82 Å². The molecule has 17 heavy (non-hydrogen) atoms. The first-order chi connectivity index (χ1) is 8.19. The van der Waals surface area contributed by atoms with Crippen molar-refractivity contribution in [2.45, 2.75) is 19.4 Å². The molecule has 2 rings (SSSR count). The van der Waals surface area contributed by atoms with E-state index < -0.39 is 0 Å². The number of nitrogens with zero attached hydrogens (tertiary/aromatic N) is 2. The largest absolute Gasteiger partial charge is 0.399 e. The number of anilines is 1. The van der Waals surface area contributed by atoms with Gasteiger partial charge >= 0.3 is 0 Å². The number of benzene rings is 1. The minimum atomic E-state index is 0.0706. The van der Waals surface area contributed by atoms with Gasteiger partial charge < -0.3 is 15.0 Å². The molecule has 1 heterocycles. The molecule has 0 aliphatic rings. The topological polar surface area (TPSA) is 74.2 Å². The van der Waals surface area contributed by atoms with E-state index in [-0.39, 0.29) is 6.10 Å². The molecule has 5 nitrogen and oxygen atoms in total. The second-order valence-corrected chi connectivity index (χ2v) is 3.89. The highest BCUT2D eigenvalue weighted by molar-refractivity contribution is 5.59. The molecule has 1 unspecified atom stereocenters. The average molecular weight is 233 g/mol. The molecule has 1 aromatic heterocycles. The van der Waals surface area contributed by atoms with E-state index in [0.29, 0.717) is 23.8 Å².